The number of fused-ring (bicyclic) bond motifs is 4. The van der Waals surface area contributed by atoms with Crippen LogP contribution in [-0.4, -0.2) is 92.7 Å². The summed E-state index contributed by atoms with van der Waals surface area (Å²) in [5.41, 5.74) is -1.31. The fraction of sp³-hybridized carbons (Fsp3) is 0.533. The summed E-state index contributed by atoms with van der Waals surface area (Å²) in [5, 5.41) is 20.3. The number of nitrogens with one attached hydrogen (secondary N) is 1. The van der Waals surface area contributed by atoms with Crippen molar-refractivity contribution >= 4 is 18.3 Å². The maximum atomic E-state index is 14.0. The molecule has 13 heteroatoms. The predicted molar refractivity (Wildman–Crippen MR) is 152 cm³/mol. The highest BCUT2D eigenvalue weighted by Gasteiger charge is 2.48. The summed E-state index contributed by atoms with van der Waals surface area (Å²) in [6, 6.07) is 3.08. The first-order valence-electron chi connectivity index (χ1n) is 14.8. The third-order valence-electron chi connectivity index (χ3n) is 9.09. The van der Waals surface area contributed by atoms with Crippen LogP contribution in [-0.2, 0) is 17.9 Å². The second kappa shape index (κ2) is 13.2. The number of aromatic hydroxyl groups is 1. The molecule has 43 heavy (non-hydrogen) atoms. The Morgan fingerprint density at radius 1 is 1.05 bits per heavy atom. The second-order valence-corrected chi connectivity index (χ2v) is 11.6. The van der Waals surface area contributed by atoms with E-state index in [0.717, 1.165) is 70.5 Å². The van der Waals surface area contributed by atoms with E-state index in [1.165, 1.54) is 29.7 Å². The summed E-state index contributed by atoms with van der Waals surface area (Å²) in [5.74, 6) is -3.13. The van der Waals surface area contributed by atoms with Crippen molar-refractivity contribution in [3.63, 3.8) is 0 Å². The Bertz CT molecular complexity index is 1430. The number of benzene rings is 1. The molecule has 1 saturated carbocycles. The van der Waals surface area contributed by atoms with Crippen molar-refractivity contribution in [2.75, 3.05) is 32.7 Å². The topological polar surface area (TPSA) is 135 Å². The summed E-state index contributed by atoms with van der Waals surface area (Å²) < 4.78 is 28.8. The van der Waals surface area contributed by atoms with Gasteiger partial charge in [-0.3, -0.25) is 24.1 Å². The lowest BCUT2D eigenvalue weighted by atomic mass is 9.80. The van der Waals surface area contributed by atoms with Gasteiger partial charge in [0.1, 0.15) is 23.4 Å². The van der Waals surface area contributed by atoms with Gasteiger partial charge in [-0.15, -0.1) is 0 Å². The molecule has 1 aromatic carbocycles. The lowest BCUT2D eigenvalue weighted by Crippen LogP contribution is -2.68. The molecular formula is C30H37F2N5O6. The largest absolute Gasteiger partial charge is 0.503 e. The van der Waals surface area contributed by atoms with Crippen LogP contribution in [0.1, 0.15) is 64.9 Å². The molecule has 3 aliphatic heterocycles. The molecule has 232 valence electrons. The molecule has 4 heterocycles. The minimum atomic E-state index is -0.946. The van der Waals surface area contributed by atoms with Crippen molar-refractivity contribution < 1.29 is 33.4 Å². The van der Waals surface area contributed by atoms with Gasteiger partial charge in [0.25, 0.3) is 18.3 Å². The van der Waals surface area contributed by atoms with Crippen molar-refractivity contribution in [1.29, 1.82) is 0 Å². The van der Waals surface area contributed by atoms with Crippen LogP contribution in [0, 0.1) is 17.6 Å². The zero-order chi connectivity index (χ0) is 30.7. The van der Waals surface area contributed by atoms with Gasteiger partial charge in [0.2, 0.25) is 5.43 Å². The van der Waals surface area contributed by atoms with E-state index >= 15 is 0 Å². The van der Waals surface area contributed by atoms with Gasteiger partial charge in [-0.1, -0.05) is 18.9 Å². The third kappa shape index (κ3) is 6.28. The van der Waals surface area contributed by atoms with Crippen LogP contribution in [0.25, 0.3) is 0 Å². The number of hydrogen-bond acceptors (Lipinski definition) is 7. The molecule has 2 aromatic rings. The molecular weight excluding hydrogens is 564 g/mol. The Hall–Kier alpha value is -3.84. The number of carbonyl (C=O) groups is 3. The lowest BCUT2D eigenvalue weighted by molar-refractivity contribution is -0.122. The van der Waals surface area contributed by atoms with Crippen LogP contribution in [0.4, 0.5) is 8.78 Å². The number of pyridine rings is 1. The fourth-order valence-electron chi connectivity index (χ4n) is 7.01. The molecule has 1 aromatic heterocycles. The first-order valence-corrected chi connectivity index (χ1v) is 14.8. The number of rotatable bonds is 6. The van der Waals surface area contributed by atoms with Gasteiger partial charge in [-0.25, -0.2) is 8.78 Å². The molecule has 3 N–H and O–H groups in total. The zero-order valence-electron chi connectivity index (χ0n) is 23.9. The van der Waals surface area contributed by atoms with E-state index in [4.69, 9.17) is 9.90 Å². The number of carboxylic acid groups (broad SMARTS) is 1. The molecule has 0 radical (unpaired) electrons. The number of likely N-dealkylation sites (tertiary alicyclic amines) is 1. The standard InChI is InChI=1S/C29H35F2N5O4.CH2O2/c30-20-8-7-18(22(31)13-20)14-32-28(39)21-16-35-17-24-34(12-11-33-9-3-4-10-33)15-19-5-1-2-6-23(19)36(24)29(40)25(35)27(38)26(21)37;2-1-3/h7-8,13,16,19,23-24,38H,1-6,9-12,14-15,17H2,(H,32,39);1H,(H,2,3). The maximum absolute atomic E-state index is 14.0. The third-order valence-corrected chi connectivity index (χ3v) is 9.09. The Morgan fingerprint density at radius 2 is 1.77 bits per heavy atom. The molecule has 3 unspecified atom stereocenters. The SMILES string of the molecule is O=C(NCc1ccc(F)cc1F)c1cn2c(c(O)c1=O)C(=O)N1C3CCCCC3CN(CCN3CCCC3)C1C2.O=CO. The first-order chi connectivity index (χ1) is 20.7. The fourth-order valence-corrected chi connectivity index (χ4v) is 7.01. The van der Waals surface area contributed by atoms with Crippen LogP contribution in [0.3, 0.4) is 0 Å². The Kier molecular flexibility index (Phi) is 9.40. The smallest absolute Gasteiger partial charge is 0.290 e. The van der Waals surface area contributed by atoms with E-state index in [1.807, 2.05) is 4.90 Å². The van der Waals surface area contributed by atoms with Crippen LogP contribution < -0.4 is 10.7 Å². The average molecular weight is 602 g/mol. The van der Waals surface area contributed by atoms with E-state index in [-0.39, 0.29) is 48.0 Å². The molecule has 3 fully saturated rings. The van der Waals surface area contributed by atoms with E-state index in [2.05, 4.69) is 15.1 Å². The minimum absolute atomic E-state index is 0.0562. The van der Waals surface area contributed by atoms with Crippen LogP contribution in [0.5, 0.6) is 5.75 Å². The van der Waals surface area contributed by atoms with Gasteiger partial charge in [0, 0.05) is 50.0 Å². The summed E-state index contributed by atoms with van der Waals surface area (Å²) in [6.45, 7) is 4.61. The molecule has 4 aliphatic rings. The monoisotopic (exact) mass is 601 g/mol. The van der Waals surface area contributed by atoms with Crippen molar-refractivity contribution in [2.45, 2.75) is 63.8 Å². The van der Waals surface area contributed by atoms with Gasteiger partial charge in [-0.2, -0.15) is 0 Å². The molecule has 11 nitrogen and oxygen atoms in total. The molecule has 0 bridgehead atoms. The number of amides is 2. The van der Waals surface area contributed by atoms with Gasteiger partial charge in [0.15, 0.2) is 11.4 Å². The number of halogens is 2. The van der Waals surface area contributed by atoms with Crippen LogP contribution in [0.15, 0.2) is 29.2 Å². The second-order valence-electron chi connectivity index (χ2n) is 11.6. The molecule has 6 rings (SSSR count). The zero-order valence-corrected chi connectivity index (χ0v) is 23.9. The van der Waals surface area contributed by atoms with Gasteiger partial charge >= 0.3 is 0 Å². The highest BCUT2D eigenvalue weighted by Crippen LogP contribution is 2.39. The lowest BCUT2D eigenvalue weighted by Gasteiger charge is -2.55. The van der Waals surface area contributed by atoms with E-state index in [0.29, 0.717) is 12.5 Å². The summed E-state index contributed by atoms with van der Waals surface area (Å²) in [6.07, 6.45) is 7.62. The van der Waals surface area contributed by atoms with Crippen molar-refractivity contribution in [3.05, 3.63) is 63.1 Å². The van der Waals surface area contributed by atoms with Gasteiger partial charge < -0.3 is 29.9 Å². The summed E-state index contributed by atoms with van der Waals surface area (Å²) in [7, 11) is 0. The number of nitrogens with zero attached hydrogens (tertiary/aromatic N) is 4. The highest BCUT2D eigenvalue weighted by molar-refractivity contribution is 5.99. The Labute approximate surface area is 247 Å². The number of hydrogen-bond donors (Lipinski definition) is 3. The molecule has 3 atom stereocenters. The van der Waals surface area contributed by atoms with Gasteiger partial charge in [0.05, 0.1) is 6.54 Å². The van der Waals surface area contributed by atoms with Crippen molar-refractivity contribution in [2.24, 2.45) is 5.92 Å². The molecule has 1 aliphatic carbocycles. The average Bonchev–Trinajstić information content (AvgIpc) is 3.51. The minimum Gasteiger partial charge on any atom is -0.503 e. The van der Waals surface area contributed by atoms with E-state index < -0.39 is 28.7 Å². The molecule has 2 saturated heterocycles. The molecule has 2 amide bonds. The predicted octanol–water partition coefficient (Wildman–Crippen LogP) is 2.21. The van der Waals surface area contributed by atoms with Crippen molar-refractivity contribution in [3.8, 4) is 5.75 Å². The first kappa shape index (κ1) is 30.6. The highest BCUT2D eigenvalue weighted by atomic mass is 19.1. The van der Waals surface area contributed by atoms with Crippen LogP contribution in [0.2, 0.25) is 0 Å². The number of aromatic nitrogens is 1. The normalized spacial score (nSPS) is 23.4. The summed E-state index contributed by atoms with van der Waals surface area (Å²) >= 11 is 0. The Morgan fingerprint density at radius 3 is 2.49 bits per heavy atom. The number of carbonyl (C=O) groups excluding carboxylic acids is 2. The summed E-state index contributed by atoms with van der Waals surface area (Å²) in [4.78, 5) is 55.0. The van der Waals surface area contributed by atoms with Gasteiger partial charge in [-0.05, 0) is 50.8 Å². The van der Waals surface area contributed by atoms with Crippen LogP contribution >= 0.6 is 0 Å². The quantitative estimate of drug-likeness (QED) is 0.429. The van der Waals surface area contributed by atoms with E-state index in [9.17, 15) is 28.3 Å². The van der Waals surface area contributed by atoms with E-state index in [1.54, 1.807) is 0 Å². The molecule has 0 spiro atoms. The maximum Gasteiger partial charge on any atom is 0.290 e. The Balaban J connectivity index is 0.00000118. The van der Waals surface area contributed by atoms with Crippen molar-refractivity contribution in [1.82, 2.24) is 24.6 Å².